The van der Waals surface area contributed by atoms with E-state index in [1.807, 2.05) is 35.9 Å². The highest BCUT2D eigenvalue weighted by Gasteiger charge is 2.29. The molecule has 35 heavy (non-hydrogen) atoms. The molecule has 5 rings (SSSR count). The zero-order chi connectivity index (χ0) is 24.4. The van der Waals surface area contributed by atoms with Crippen LogP contribution in [-0.4, -0.2) is 45.5 Å². The molecule has 7 nitrogen and oxygen atoms in total. The fourth-order valence-electron chi connectivity index (χ4n) is 5.36. The van der Waals surface area contributed by atoms with Crippen molar-refractivity contribution in [3.8, 4) is 5.69 Å². The van der Waals surface area contributed by atoms with Crippen LogP contribution in [0.3, 0.4) is 0 Å². The van der Waals surface area contributed by atoms with Crippen molar-refractivity contribution in [1.82, 2.24) is 25.3 Å². The zero-order valence-electron chi connectivity index (χ0n) is 20.6. The summed E-state index contributed by atoms with van der Waals surface area (Å²) in [5.74, 6) is 0.846. The van der Waals surface area contributed by atoms with E-state index in [2.05, 4.69) is 33.4 Å². The number of carbonyl (C=O) groups excluding carboxylic acids is 1. The highest BCUT2D eigenvalue weighted by Crippen LogP contribution is 2.32. The van der Waals surface area contributed by atoms with Gasteiger partial charge in [-0.25, -0.2) is 4.68 Å². The number of halogens is 1. The number of allylic oxidation sites excluding steroid dienone is 1. The lowest BCUT2D eigenvalue weighted by molar-refractivity contribution is -0.125. The van der Waals surface area contributed by atoms with E-state index >= 15 is 0 Å². The van der Waals surface area contributed by atoms with Gasteiger partial charge < -0.3 is 10.2 Å². The second-order valence-corrected chi connectivity index (χ2v) is 10.2. The normalized spacial score (nSPS) is 18.5. The predicted molar refractivity (Wildman–Crippen MR) is 140 cm³/mol. The molecule has 0 saturated carbocycles. The van der Waals surface area contributed by atoms with E-state index in [9.17, 15) is 4.79 Å². The van der Waals surface area contributed by atoms with Gasteiger partial charge in [0.25, 0.3) is 0 Å². The third kappa shape index (κ3) is 5.06. The predicted octanol–water partition coefficient (Wildman–Crippen LogP) is 5.31. The van der Waals surface area contributed by atoms with Gasteiger partial charge in [0.2, 0.25) is 5.91 Å². The molecule has 1 fully saturated rings. The largest absolute Gasteiger partial charge is 0.355 e. The maximum absolute atomic E-state index is 13.0. The molecule has 1 N–H and O–H groups in total. The van der Waals surface area contributed by atoms with Crippen LogP contribution in [0.1, 0.15) is 56.3 Å². The molecule has 3 aromatic rings. The van der Waals surface area contributed by atoms with Crippen LogP contribution in [0.5, 0.6) is 0 Å². The van der Waals surface area contributed by atoms with Crippen molar-refractivity contribution in [2.45, 2.75) is 58.8 Å². The van der Waals surface area contributed by atoms with Crippen molar-refractivity contribution in [2.75, 3.05) is 24.5 Å². The number of nitrogens with zero attached hydrogens (tertiary/aromatic N) is 5. The zero-order valence-corrected chi connectivity index (χ0v) is 21.3. The van der Waals surface area contributed by atoms with Crippen molar-refractivity contribution in [2.24, 2.45) is 5.92 Å². The Morgan fingerprint density at radius 2 is 1.97 bits per heavy atom. The molecule has 1 aliphatic heterocycles. The van der Waals surface area contributed by atoms with Crippen LogP contribution in [0.4, 0.5) is 5.82 Å². The van der Waals surface area contributed by atoms with Gasteiger partial charge in [0.05, 0.1) is 28.4 Å². The summed E-state index contributed by atoms with van der Waals surface area (Å²) in [6.07, 6.45) is 10.1. The number of carbonyl (C=O) groups is 1. The number of hydrogen-bond acceptors (Lipinski definition) is 5. The Morgan fingerprint density at radius 1 is 1.14 bits per heavy atom. The van der Waals surface area contributed by atoms with Crippen LogP contribution in [0, 0.1) is 19.8 Å². The molecule has 184 valence electrons. The number of piperidine rings is 1. The maximum Gasteiger partial charge on any atom is 0.224 e. The third-order valence-corrected chi connectivity index (χ3v) is 7.53. The van der Waals surface area contributed by atoms with E-state index in [1.54, 1.807) is 0 Å². The number of hydrogen-bond donors (Lipinski definition) is 1. The fourth-order valence-corrected chi connectivity index (χ4v) is 5.49. The van der Waals surface area contributed by atoms with Gasteiger partial charge in [0, 0.05) is 24.7 Å². The topological polar surface area (TPSA) is 75.9 Å². The number of anilines is 1. The van der Waals surface area contributed by atoms with E-state index in [1.165, 1.54) is 31.3 Å². The Balaban J connectivity index is 1.34. The Labute approximate surface area is 211 Å². The SMILES string of the molecule is Cc1nnc(N2CCC[C@@H](C(=O)NCCC3=CCCCC3)C2)c2nn(-c3ccc(Cl)cc3)c(C)c12. The molecule has 1 saturated heterocycles. The van der Waals surface area contributed by atoms with Gasteiger partial charge in [-0.3, -0.25) is 4.79 Å². The number of nitrogens with one attached hydrogen (secondary N) is 1. The average Bonchev–Trinajstić information content (AvgIpc) is 3.23. The van der Waals surface area contributed by atoms with Crippen LogP contribution in [0.15, 0.2) is 35.9 Å². The molecule has 3 heterocycles. The van der Waals surface area contributed by atoms with E-state index in [0.717, 1.165) is 66.1 Å². The van der Waals surface area contributed by atoms with Crippen LogP contribution >= 0.6 is 11.6 Å². The summed E-state index contributed by atoms with van der Waals surface area (Å²) in [5.41, 5.74) is 5.13. The van der Waals surface area contributed by atoms with Gasteiger partial charge in [0.15, 0.2) is 5.82 Å². The summed E-state index contributed by atoms with van der Waals surface area (Å²) in [5, 5.41) is 18.8. The van der Waals surface area contributed by atoms with Gasteiger partial charge in [-0.15, -0.1) is 5.10 Å². The van der Waals surface area contributed by atoms with Crippen molar-refractivity contribution in [1.29, 1.82) is 0 Å². The van der Waals surface area contributed by atoms with Gasteiger partial charge in [-0.2, -0.15) is 10.2 Å². The monoisotopic (exact) mass is 492 g/mol. The summed E-state index contributed by atoms with van der Waals surface area (Å²) in [4.78, 5) is 15.2. The minimum atomic E-state index is -0.0540. The first-order valence-electron chi connectivity index (χ1n) is 12.7. The summed E-state index contributed by atoms with van der Waals surface area (Å²) >= 11 is 6.09. The minimum Gasteiger partial charge on any atom is -0.355 e. The Hall–Kier alpha value is -2.93. The third-order valence-electron chi connectivity index (χ3n) is 7.28. The van der Waals surface area contributed by atoms with Crippen molar-refractivity contribution < 1.29 is 4.79 Å². The van der Waals surface area contributed by atoms with Gasteiger partial charge in [0.1, 0.15) is 5.52 Å². The lowest BCUT2D eigenvalue weighted by Gasteiger charge is -2.32. The molecule has 1 aromatic carbocycles. The fraction of sp³-hybridized carbons (Fsp3) is 0.481. The number of rotatable bonds is 6. The summed E-state index contributed by atoms with van der Waals surface area (Å²) in [6.45, 7) is 6.22. The molecule has 0 radical (unpaired) electrons. The first-order valence-corrected chi connectivity index (χ1v) is 13.1. The molecular weight excluding hydrogens is 460 g/mol. The maximum atomic E-state index is 13.0. The number of aromatic nitrogens is 4. The Bertz CT molecular complexity index is 1250. The molecule has 0 bridgehead atoms. The van der Waals surface area contributed by atoms with Gasteiger partial charge in [-0.05, 0) is 83.1 Å². The van der Waals surface area contributed by atoms with Gasteiger partial charge in [-0.1, -0.05) is 23.3 Å². The molecule has 1 amide bonds. The molecular formula is C27H33ClN6O. The lowest BCUT2D eigenvalue weighted by atomic mass is 9.96. The summed E-state index contributed by atoms with van der Waals surface area (Å²) < 4.78 is 1.93. The first-order chi connectivity index (χ1) is 17.0. The minimum absolute atomic E-state index is 0.0540. The number of amides is 1. The lowest BCUT2D eigenvalue weighted by Crippen LogP contribution is -2.43. The van der Waals surface area contributed by atoms with E-state index in [-0.39, 0.29) is 11.8 Å². The molecule has 2 aromatic heterocycles. The molecule has 0 spiro atoms. The molecule has 1 atom stereocenters. The molecule has 8 heteroatoms. The van der Waals surface area contributed by atoms with Crippen LogP contribution < -0.4 is 10.2 Å². The first kappa shape index (κ1) is 23.8. The summed E-state index contributed by atoms with van der Waals surface area (Å²) in [6, 6.07) is 7.65. The molecule has 1 aliphatic carbocycles. The van der Waals surface area contributed by atoms with Crippen molar-refractivity contribution in [3.05, 3.63) is 52.3 Å². The van der Waals surface area contributed by atoms with Crippen LogP contribution in [-0.2, 0) is 4.79 Å². The van der Waals surface area contributed by atoms with Gasteiger partial charge >= 0.3 is 0 Å². The number of aryl methyl sites for hydroxylation is 2. The van der Waals surface area contributed by atoms with Crippen molar-refractivity contribution in [3.63, 3.8) is 0 Å². The quantitative estimate of drug-likeness (QED) is 0.472. The van der Waals surface area contributed by atoms with E-state index in [0.29, 0.717) is 11.6 Å². The Morgan fingerprint density at radius 3 is 2.74 bits per heavy atom. The second kappa shape index (κ2) is 10.4. The smallest absolute Gasteiger partial charge is 0.224 e. The number of fused-ring (bicyclic) bond motifs is 1. The Kier molecular flexibility index (Phi) is 7.04. The number of benzene rings is 1. The van der Waals surface area contributed by atoms with E-state index in [4.69, 9.17) is 16.7 Å². The average molecular weight is 493 g/mol. The molecule has 2 aliphatic rings. The van der Waals surface area contributed by atoms with Crippen LogP contribution in [0.25, 0.3) is 16.6 Å². The van der Waals surface area contributed by atoms with Crippen LogP contribution in [0.2, 0.25) is 5.02 Å². The highest BCUT2D eigenvalue weighted by atomic mass is 35.5. The standard InChI is InChI=1S/C27H33ClN6O/c1-18-24-19(2)34(23-12-10-22(28)11-13-23)32-25(24)26(31-30-18)33-16-6-9-21(17-33)27(35)29-15-14-20-7-4-3-5-8-20/h7,10-13,21H,3-6,8-9,14-17H2,1-2H3,(H,29,35)/t21-/m1/s1. The van der Waals surface area contributed by atoms with E-state index < -0.39 is 0 Å². The highest BCUT2D eigenvalue weighted by molar-refractivity contribution is 6.30. The second-order valence-electron chi connectivity index (χ2n) is 9.74. The summed E-state index contributed by atoms with van der Waals surface area (Å²) in [7, 11) is 0. The molecule has 0 unspecified atom stereocenters. The van der Waals surface area contributed by atoms with Crippen molar-refractivity contribution >= 4 is 34.2 Å².